The van der Waals surface area contributed by atoms with Crippen molar-refractivity contribution in [2.45, 2.75) is 27.3 Å². The molecular weight excluding hydrogens is 150 g/mol. The lowest BCUT2D eigenvalue weighted by molar-refractivity contribution is -0.709. The summed E-state index contributed by atoms with van der Waals surface area (Å²) in [7, 11) is 0. The standard InChI is InChI=1S/C10H16NO/c1-8-6-9(2)11(4-5-12)10(3)7-8/h6-7,12H,4-5H2,1-3H3/q+1. The lowest BCUT2D eigenvalue weighted by Crippen LogP contribution is -2.41. The van der Waals surface area contributed by atoms with Crippen LogP contribution in [-0.2, 0) is 6.54 Å². The first-order valence-electron chi connectivity index (χ1n) is 4.23. The predicted octanol–water partition coefficient (Wildman–Crippen LogP) is 0.892. The molecule has 0 amide bonds. The highest BCUT2D eigenvalue weighted by Gasteiger charge is 2.09. The van der Waals surface area contributed by atoms with E-state index in [4.69, 9.17) is 5.11 Å². The van der Waals surface area contributed by atoms with Gasteiger partial charge in [0.1, 0.15) is 6.61 Å². The SMILES string of the molecule is Cc1cc(C)[n+](CCO)c(C)c1. The van der Waals surface area contributed by atoms with Gasteiger partial charge in [-0.3, -0.25) is 0 Å². The summed E-state index contributed by atoms with van der Waals surface area (Å²) in [5.41, 5.74) is 3.70. The quantitative estimate of drug-likeness (QED) is 0.648. The summed E-state index contributed by atoms with van der Waals surface area (Å²) >= 11 is 0. The number of aromatic nitrogens is 1. The third-order valence-corrected chi connectivity index (χ3v) is 2.05. The summed E-state index contributed by atoms with van der Waals surface area (Å²) in [5.74, 6) is 0. The van der Waals surface area contributed by atoms with E-state index in [1.54, 1.807) is 0 Å². The zero-order chi connectivity index (χ0) is 9.14. The van der Waals surface area contributed by atoms with Gasteiger partial charge < -0.3 is 5.11 Å². The second kappa shape index (κ2) is 3.68. The van der Waals surface area contributed by atoms with Crippen LogP contribution < -0.4 is 4.57 Å². The third kappa shape index (κ3) is 1.83. The minimum Gasteiger partial charge on any atom is -0.390 e. The van der Waals surface area contributed by atoms with E-state index in [2.05, 4.69) is 37.5 Å². The zero-order valence-corrected chi connectivity index (χ0v) is 7.96. The van der Waals surface area contributed by atoms with Crippen LogP contribution in [0, 0.1) is 20.8 Å². The van der Waals surface area contributed by atoms with E-state index in [0.29, 0.717) is 6.54 Å². The van der Waals surface area contributed by atoms with Gasteiger partial charge in [0.15, 0.2) is 17.9 Å². The summed E-state index contributed by atoms with van der Waals surface area (Å²) in [4.78, 5) is 0. The van der Waals surface area contributed by atoms with Gasteiger partial charge in [-0.15, -0.1) is 0 Å². The molecule has 0 spiro atoms. The number of nitrogens with zero attached hydrogens (tertiary/aromatic N) is 1. The fourth-order valence-electron chi connectivity index (χ4n) is 1.59. The van der Waals surface area contributed by atoms with E-state index in [1.165, 1.54) is 17.0 Å². The van der Waals surface area contributed by atoms with Crippen molar-refractivity contribution in [2.24, 2.45) is 0 Å². The Kier molecular flexibility index (Phi) is 2.82. The van der Waals surface area contributed by atoms with E-state index < -0.39 is 0 Å². The molecule has 0 saturated carbocycles. The van der Waals surface area contributed by atoms with E-state index in [-0.39, 0.29) is 6.61 Å². The molecule has 0 aliphatic rings. The summed E-state index contributed by atoms with van der Waals surface area (Å²) in [5, 5.41) is 8.82. The van der Waals surface area contributed by atoms with Gasteiger partial charge in [-0.05, 0) is 12.5 Å². The molecule has 0 radical (unpaired) electrons. The van der Waals surface area contributed by atoms with Gasteiger partial charge in [0, 0.05) is 26.0 Å². The fraction of sp³-hybridized carbons (Fsp3) is 0.500. The molecule has 1 heterocycles. The first-order chi connectivity index (χ1) is 5.65. The van der Waals surface area contributed by atoms with E-state index >= 15 is 0 Å². The maximum absolute atomic E-state index is 8.82. The molecule has 1 N–H and O–H groups in total. The van der Waals surface area contributed by atoms with Crippen molar-refractivity contribution in [3.05, 3.63) is 29.1 Å². The number of hydrogen-bond acceptors (Lipinski definition) is 1. The number of aliphatic hydroxyl groups is 1. The highest BCUT2D eigenvalue weighted by Crippen LogP contribution is 2.00. The van der Waals surface area contributed by atoms with Gasteiger partial charge in [0.25, 0.3) is 0 Å². The predicted molar refractivity (Wildman–Crippen MR) is 47.9 cm³/mol. The normalized spacial score (nSPS) is 10.3. The van der Waals surface area contributed by atoms with Crippen LogP contribution in [0.25, 0.3) is 0 Å². The molecule has 2 nitrogen and oxygen atoms in total. The largest absolute Gasteiger partial charge is 0.390 e. The molecule has 0 aromatic carbocycles. The third-order valence-electron chi connectivity index (χ3n) is 2.05. The first-order valence-corrected chi connectivity index (χ1v) is 4.23. The maximum atomic E-state index is 8.82. The molecule has 0 atom stereocenters. The molecule has 0 unspecified atom stereocenters. The molecule has 1 aromatic heterocycles. The van der Waals surface area contributed by atoms with Crippen LogP contribution in [0.3, 0.4) is 0 Å². The average Bonchev–Trinajstić information content (AvgIpc) is 1.96. The number of rotatable bonds is 2. The Morgan fingerprint density at radius 3 is 2.08 bits per heavy atom. The summed E-state index contributed by atoms with van der Waals surface area (Å²) in [6.45, 7) is 7.11. The van der Waals surface area contributed by atoms with Gasteiger partial charge in [0.05, 0.1) is 0 Å². The number of aliphatic hydroxyl groups excluding tert-OH is 1. The van der Waals surface area contributed by atoms with Crippen molar-refractivity contribution in [3.63, 3.8) is 0 Å². The minimum atomic E-state index is 0.204. The van der Waals surface area contributed by atoms with Crippen molar-refractivity contribution in [3.8, 4) is 0 Å². The second-order valence-electron chi connectivity index (χ2n) is 3.19. The smallest absolute Gasteiger partial charge is 0.178 e. The first kappa shape index (κ1) is 9.20. The Morgan fingerprint density at radius 1 is 1.17 bits per heavy atom. The van der Waals surface area contributed by atoms with Crippen molar-refractivity contribution < 1.29 is 9.67 Å². The van der Waals surface area contributed by atoms with E-state index in [0.717, 1.165) is 0 Å². The van der Waals surface area contributed by atoms with Crippen LogP contribution in [0.4, 0.5) is 0 Å². The topological polar surface area (TPSA) is 24.1 Å². The van der Waals surface area contributed by atoms with Crippen LogP contribution >= 0.6 is 0 Å². The summed E-state index contributed by atoms with van der Waals surface area (Å²) in [6, 6.07) is 4.26. The Bertz CT molecular complexity index is 258. The molecule has 0 fully saturated rings. The molecule has 0 aliphatic carbocycles. The van der Waals surface area contributed by atoms with Gasteiger partial charge in [-0.1, -0.05) is 0 Å². The number of aryl methyl sites for hydroxylation is 3. The van der Waals surface area contributed by atoms with Crippen molar-refractivity contribution >= 4 is 0 Å². The lowest BCUT2D eigenvalue weighted by atomic mass is 10.2. The Morgan fingerprint density at radius 2 is 1.67 bits per heavy atom. The molecule has 2 heteroatoms. The Balaban J connectivity index is 3.10. The van der Waals surface area contributed by atoms with Crippen LogP contribution in [0.1, 0.15) is 17.0 Å². The zero-order valence-electron chi connectivity index (χ0n) is 7.96. The number of hydrogen-bond donors (Lipinski definition) is 1. The van der Waals surface area contributed by atoms with Gasteiger partial charge in [-0.25, -0.2) is 0 Å². The monoisotopic (exact) mass is 166 g/mol. The van der Waals surface area contributed by atoms with Crippen molar-refractivity contribution in [1.29, 1.82) is 0 Å². The van der Waals surface area contributed by atoms with Crippen LogP contribution in [-0.4, -0.2) is 11.7 Å². The van der Waals surface area contributed by atoms with E-state index in [1.807, 2.05) is 0 Å². The molecule has 12 heavy (non-hydrogen) atoms. The average molecular weight is 166 g/mol. The summed E-state index contributed by atoms with van der Waals surface area (Å²) in [6.07, 6.45) is 0. The Hall–Kier alpha value is -0.890. The lowest BCUT2D eigenvalue weighted by Gasteiger charge is -2.03. The second-order valence-corrected chi connectivity index (χ2v) is 3.19. The van der Waals surface area contributed by atoms with Gasteiger partial charge in [-0.2, -0.15) is 4.57 Å². The van der Waals surface area contributed by atoms with Crippen LogP contribution in [0.5, 0.6) is 0 Å². The molecule has 1 rings (SSSR count). The van der Waals surface area contributed by atoms with Gasteiger partial charge in [0.2, 0.25) is 0 Å². The Labute approximate surface area is 73.5 Å². The molecule has 1 aromatic rings. The summed E-state index contributed by atoms with van der Waals surface area (Å²) < 4.78 is 2.12. The van der Waals surface area contributed by atoms with Crippen molar-refractivity contribution in [2.75, 3.05) is 6.61 Å². The fourth-order valence-corrected chi connectivity index (χ4v) is 1.59. The van der Waals surface area contributed by atoms with E-state index in [9.17, 15) is 0 Å². The maximum Gasteiger partial charge on any atom is 0.178 e. The highest BCUT2D eigenvalue weighted by molar-refractivity contribution is 5.13. The number of pyridine rings is 1. The van der Waals surface area contributed by atoms with Gasteiger partial charge >= 0.3 is 0 Å². The minimum absolute atomic E-state index is 0.204. The molecular formula is C10H16NO+. The highest BCUT2D eigenvalue weighted by atomic mass is 16.3. The molecule has 0 saturated heterocycles. The van der Waals surface area contributed by atoms with Crippen LogP contribution in [0.15, 0.2) is 12.1 Å². The van der Waals surface area contributed by atoms with Crippen molar-refractivity contribution in [1.82, 2.24) is 0 Å². The molecule has 0 bridgehead atoms. The molecule has 66 valence electrons. The van der Waals surface area contributed by atoms with Crippen LogP contribution in [0.2, 0.25) is 0 Å². The molecule has 0 aliphatic heterocycles.